The maximum Gasteiger partial charge on any atom is 0.120 e. The number of hydrogen-bond acceptors (Lipinski definition) is 3. The van der Waals surface area contributed by atoms with Crippen molar-refractivity contribution in [2.24, 2.45) is 5.41 Å². The number of aromatic nitrogens is 3. The van der Waals surface area contributed by atoms with E-state index in [9.17, 15) is 0 Å². The second-order valence-corrected chi connectivity index (χ2v) is 18.8. The molecule has 65 heavy (non-hydrogen) atoms. The Morgan fingerprint density at radius 2 is 1.29 bits per heavy atom. The number of rotatable bonds is 8. The van der Waals surface area contributed by atoms with Crippen LogP contribution in [0, 0.1) is 24.5 Å². The van der Waals surface area contributed by atoms with Gasteiger partial charge in [0.25, 0.3) is 0 Å². The van der Waals surface area contributed by atoms with E-state index in [0.717, 1.165) is 62.0 Å². The van der Waals surface area contributed by atoms with Crippen molar-refractivity contribution in [1.82, 2.24) is 14.5 Å². The molecule has 10 rings (SSSR count). The molecular formula is C60H55IrN3O-2. The molecule has 4 nitrogen and oxygen atoms in total. The number of para-hydroxylation sites is 3. The van der Waals surface area contributed by atoms with Gasteiger partial charge in [0.1, 0.15) is 5.58 Å². The van der Waals surface area contributed by atoms with Crippen LogP contribution in [0.15, 0.2) is 168 Å². The van der Waals surface area contributed by atoms with Crippen molar-refractivity contribution in [3.8, 4) is 50.6 Å². The second-order valence-electron chi connectivity index (χ2n) is 18.8. The van der Waals surface area contributed by atoms with Gasteiger partial charge in [0.05, 0.1) is 22.4 Å². The Hall–Kier alpha value is -6.39. The number of imidazole rings is 1. The Bertz CT molecular complexity index is 3180. The maximum atomic E-state index is 6.51. The van der Waals surface area contributed by atoms with Gasteiger partial charge in [0.15, 0.2) is 0 Å². The van der Waals surface area contributed by atoms with E-state index >= 15 is 0 Å². The van der Waals surface area contributed by atoms with Crippen molar-refractivity contribution >= 4 is 33.0 Å². The van der Waals surface area contributed by atoms with Crippen molar-refractivity contribution in [2.45, 2.75) is 73.6 Å². The molecule has 0 aliphatic carbocycles. The molecule has 0 amide bonds. The summed E-state index contributed by atoms with van der Waals surface area (Å²) in [5.74, 6) is 1.39. The zero-order valence-corrected chi connectivity index (χ0v) is 40.9. The molecule has 327 valence electrons. The molecule has 0 bridgehead atoms. The second kappa shape index (κ2) is 19.0. The molecule has 0 atom stereocenters. The third kappa shape index (κ3) is 9.55. The minimum atomic E-state index is 0. The van der Waals surface area contributed by atoms with Crippen molar-refractivity contribution in [3.63, 3.8) is 0 Å². The molecule has 3 heterocycles. The van der Waals surface area contributed by atoms with E-state index < -0.39 is 0 Å². The third-order valence-corrected chi connectivity index (χ3v) is 11.9. The summed E-state index contributed by atoms with van der Waals surface area (Å²) in [6.07, 6.45) is 3.03. The predicted octanol–water partition coefficient (Wildman–Crippen LogP) is 16.4. The van der Waals surface area contributed by atoms with E-state index in [1.165, 1.54) is 50.2 Å². The fourth-order valence-electron chi connectivity index (χ4n) is 8.71. The first kappa shape index (κ1) is 45.2. The van der Waals surface area contributed by atoms with Crippen LogP contribution in [0.25, 0.3) is 83.6 Å². The summed E-state index contributed by atoms with van der Waals surface area (Å²) in [6.45, 7) is 18.0. The Morgan fingerprint density at radius 3 is 1.94 bits per heavy atom. The van der Waals surface area contributed by atoms with Gasteiger partial charge in [0, 0.05) is 37.4 Å². The van der Waals surface area contributed by atoms with Gasteiger partial charge in [-0.05, 0) is 98.6 Å². The Labute approximate surface area is 397 Å². The molecule has 1 radical (unpaired) electrons. The average Bonchev–Trinajstić information content (AvgIpc) is 3.88. The van der Waals surface area contributed by atoms with Crippen LogP contribution in [-0.2, 0) is 26.5 Å². The number of hydrogen-bond donors (Lipinski definition) is 0. The van der Waals surface area contributed by atoms with E-state index in [1.54, 1.807) is 0 Å². The monoisotopic (exact) mass is 1030 g/mol. The minimum absolute atomic E-state index is 0. The zero-order chi connectivity index (χ0) is 44.5. The van der Waals surface area contributed by atoms with Crippen LogP contribution in [0.3, 0.4) is 0 Å². The van der Waals surface area contributed by atoms with E-state index in [0.29, 0.717) is 5.41 Å². The predicted molar refractivity (Wildman–Crippen MR) is 268 cm³/mol. The fourth-order valence-corrected chi connectivity index (χ4v) is 8.71. The molecule has 0 aliphatic heterocycles. The largest absolute Gasteiger partial charge is 0.501 e. The molecule has 3 aromatic heterocycles. The van der Waals surface area contributed by atoms with Crippen LogP contribution >= 0.6 is 0 Å². The van der Waals surface area contributed by atoms with Gasteiger partial charge in [-0.25, -0.2) is 0 Å². The molecule has 7 aromatic carbocycles. The molecule has 0 fully saturated rings. The van der Waals surface area contributed by atoms with Gasteiger partial charge < -0.3 is 14.0 Å². The molecule has 0 saturated carbocycles. The van der Waals surface area contributed by atoms with Gasteiger partial charge in [-0.15, -0.1) is 53.6 Å². The Kier molecular flexibility index (Phi) is 13.2. The Balaban J connectivity index is 0.000000255. The number of pyridine rings is 1. The number of fused-ring (bicyclic) bond motifs is 4. The summed E-state index contributed by atoms with van der Waals surface area (Å²) in [4.78, 5) is 9.80. The summed E-state index contributed by atoms with van der Waals surface area (Å²) in [6, 6.07) is 62.2. The van der Waals surface area contributed by atoms with Gasteiger partial charge in [-0.3, -0.25) is 4.98 Å². The van der Waals surface area contributed by atoms with Crippen molar-refractivity contribution in [1.29, 1.82) is 0 Å². The average molecular weight is 1030 g/mol. The zero-order valence-electron chi connectivity index (χ0n) is 38.5. The van der Waals surface area contributed by atoms with Gasteiger partial charge >= 0.3 is 0 Å². The molecule has 0 saturated heterocycles. The van der Waals surface area contributed by atoms with Crippen LogP contribution in [0.1, 0.15) is 82.6 Å². The van der Waals surface area contributed by atoms with Gasteiger partial charge in [-0.1, -0.05) is 163 Å². The minimum Gasteiger partial charge on any atom is -0.501 e. The van der Waals surface area contributed by atoms with Crippen LogP contribution in [0.4, 0.5) is 0 Å². The quantitative estimate of drug-likeness (QED) is 0.142. The molecule has 0 spiro atoms. The first-order valence-corrected chi connectivity index (χ1v) is 22.5. The maximum absolute atomic E-state index is 6.51. The van der Waals surface area contributed by atoms with Gasteiger partial charge in [-0.2, -0.15) is 0 Å². The van der Waals surface area contributed by atoms with Crippen molar-refractivity contribution in [3.05, 3.63) is 198 Å². The van der Waals surface area contributed by atoms with Crippen LogP contribution in [-0.4, -0.2) is 14.5 Å². The first-order chi connectivity index (χ1) is 30.9. The van der Waals surface area contributed by atoms with Crippen LogP contribution < -0.4 is 0 Å². The summed E-state index contributed by atoms with van der Waals surface area (Å²) in [5.41, 5.74) is 18.1. The van der Waals surface area contributed by atoms with Crippen LogP contribution in [0.2, 0.25) is 0 Å². The molecule has 0 unspecified atom stereocenters. The van der Waals surface area contributed by atoms with Gasteiger partial charge in [0.2, 0.25) is 0 Å². The topological polar surface area (TPSA) is 43.9 Å². The first-order valence-electron chi connectivity index (χ1n) is 22.5. The van der Waals surface area contributed by atoms with E-state index in [-0.39, 0.29) is 31.9 Å². The molecule has 0 N–H and O–H groups in total. The van der Waals surface area contributed by atoms with Crippen LogP contribution in [0.5, 0.6) is 0 Å². The third-order valence-electron chi connectivity index (χ3n) is 11.9. The van der Waals surface area contributed by atoms with E-state index in [4.69, 9.17) is 9.40 Å². The Morgan fingerprint density at radius 1 is 0.646 bits per heavy atom. The normalized spacial score (nSPS) is 11.6. The molecule has 5 heteroatoms. The summed E-state index contributed by atoms with van der Waals surface area (Å²) in [5, 5.41) is 2.18. The number of furan rings is 1. The van der Waals surface area contributed by atoms with Crippen molar-refractivity contribution in [2.75, 3.05) is 0 Å². The van der Waals surface area contributed by atoms with Crippen molar-refractivity contribution < 1.29 is 24.5 Å². The molecule has 10 aromatic rings. The standard InChI is InChI=1S/C43H35N2O.C17H20N.Ir/c1-27(2)36-25-32(31-23-21-30(22-24-31)29-13-6-5-7-14-29)26-37(28(3)4)41(36)45-39-19-10-9-18-38(39)44-43(45)35-17-12-16-34-33-15-8-11-20-40(33)46-42(34)35;1-13-5-8-15(9-6-13)16-10-7-14(12-18-16)11-17(2,3)4;/h5-16,18-28H,1-4H3;5-8,10,12H,11H2,1-4H3;/q2*-1;. The number of nitrogens with zero attached hydrogens (tertiary/aromatic N) is 3. The molecular weight excluding hydrogens is 971 g/mol. The fraction of sp³-hybridized carbons (Fsp3) is 0.200. The summed E-state index contributed by atoms with van der Waals surface area (Å²) in [7, 11) is 0. The summed E-state index contributed by atoms with van der Waals surface area (Å²) < 4.78 is 8.88. The number of aryl methyl sites for hydroxylation is 1. The summed E-state index contributed by atoms with van der Waals surface area (Å²) >= 11 is 0. The SMILES string of the molecule is CC(C)c1cc(-c2ccc(-c3ccccc3)cc2)cc(C(C)C)c1-n1c(-c2[c-]ccc3c2oc2ccccc23)nc2ccccc21.Cc1c[c-]c(-c2ccc(CC(C)(C)C)cn2)cc1.[Ir]. The molecule has 0 aliphatic rings. The number of benzene rings is 7. The smallest absolute Gasteiger partial charge is 0.120 e. The van der Waals surface area contributed by atoms with E-state index in [1.807, 2.05) is 30.5 Å². The van der Waals surface area contributed by atoms with E-state index in [2.05, 4.69) is 211 Å².